The highest BCUT2D eigenvalue weighted by Crippen LogP contribution is 2.31. The van der Waals surface area contributed by atoms with Crippen LogP contribution in [0.4, 0.5) is 11.4 Å². The number of hydrogen-bond donors (Lipinski definition) is 3. The average molecular weight is 413 g/mol. The molecule has 0 bridgehead atoms. The maximum Gasteiger partial charge on any atom is 0.337 e. The van der Waals surface area contributed by atoms with Crippen LogP contribution in [0, 0.1) is 6.92 Å². The summed E-state index contributed by atoms with van der Waals surface area (Å²) in [6.07, 6.45) is 1.73. The van der Waals surface area contributed by atoms with Gasteiger partial charge in [0.25, 0.3) is 5.91 Å². The van der Waals surface area contributed by atoms with Crippen molar-refractivity contribution in [3.8, 4) is 0 Å². The van der Waals surface area contributed by atoms with Crippen LogP contribution in [0.25, 0.3) is 5.52 Å². The fourth-order valence-electron chi connectivity index (χ4n) is 3.57. The number of nitrogens with one attached hydrogen (secondary N) is 1. The molecule has 0 atom stereocenters. The summed E-state index contributed by atoms with van der Waals surface area (Å²) in [6.45, 7) is 1.75. The van der Waals surface area contributed by atoms with Crippen molar-refractivity contribution in [2.75, 3.05) is 11.1 Å². The van der Waals surface area contributed by atoms with Gasteiger partial charge in [0.2, 0.25) is 5.78 Å². The third-order valence-electron chi connectivity index (χ3n) is 5.12. The van der Waals surface area contributed by atoms with Crippen molar-refractivity contribution < 1.29 is 19.5 Å². The van der Waals surface area contributed by atoms with E-state index in [9.17, 15) is 19.5 Å². The highest BCUT2D eigenvalue weighted by Gasteiger charge is 2.24. The van der Waals surface area contributed by atoms with Crippen LogP contribution in [0.2, 0.25) is 0 Å². The van der Waals surface area contributed by atoms with Gasteiger partial charge in [0.15, 0.2) is 0 Å². The summed E-state index contributed by atoms with van der Waals surface area (Å²) < 4.78 is 1.69. The SMILES string of the molecule is Cc1c(NC(=O)c2ccccc2)c2ccccn2c1C(=O)c1ccc(N)c(C(=O)O)c1. The zero-order valence-electron chi connectivity index (χ0n) is 16.6. The van der Waals surface area contributed by atoms with E-state index in [0.717, 1.165) is 0 Å². The summed E-state index contributed by atoms with van der Waals surface area (Å²) in [4.78, 5) is 37.5. The van der Waals surface area contributed by atoms with E-state index in [4.69, 9.17) is 5.73 Å². The maximum atomic E-state index is 13.4. The number of carbonyl (C=O) groups is 3. The Hall–Kier alpha value is -4.39. The molecule has 4 aromatic rings. The highest BCUT2D eigenvalue weighted by molar-refractivity contribution is 6.14. The third-order valence-corrected chi connectivity index (χ3v) is 5.12. The van der Waals surface area contributed by atoms with Gasteiger partial charge in [0, 0.05) is 28.6 Å². The molecular weight excluding hydrogens is 394 g/mol. The predicted octanol–water partition coefficient (Wildman–Crippen LogP) is 4.01. The molecule has 4 N–H and O–H groups in total. The number of hydrogen-bond acceptors (Lipinski definition) is 4. The quantitative estimate of drug-likeness (QED) is 0.338. The van der Waals surface area contributed by atoms with Gasteiger partial charge in [0.1, 0.15) is 0 Å². The van der Waals surface area contributed by atoms with E-state index in [1.165, 1.54) is 18.2 Å². The van der Waals surface area contributed by atoms with Crippen molar-refractivity contribution in [2.24, 2.45) is 0 Å². The number of rotatable bonds is 5. The number of aromatic nitrogens is 1. The third kappa shape index (κ3) is 3.53. The molecule has 0 fully saturated rings. The summed E-state index contributed by atoms with van der Waals surface area (Å²) in [7, 11) is 0. The van der Waals surface area contributed by atoms with Crippen LogP contribution in [-0.2, 0) is 0 Å². The number of benzene rings is 2. The molecule has 31 heavy (non-hydrogen) atoms. The number of carboxylic acids is 1. The van der Waals surface area contributed by atoms with Crippen molar-refractivity contribution in [2.45, 2.75) is 6.92 Å². The van der Waals surface area contributed by atoms with Gasteiger partial charge in [-0.1, -0.05) is 24.3 Å². The first-order valence-electron chi connectivity index (χ1n) is 9.52. The minimum absolute atomic E-state index is 0.0802. The standard InChI is InChI=1S/C24H19N3O4/c1-14-20(26-23(29)15-7-3-2-4-8-15)19-9-5-6-12-27(19)21(14)22(28)16-10-11-18(25)17(13-16)24(30)31/h2-13H,25H2,1H3,(H,26,29)(H,30,31). The van der Waals surface area contributed by atoms with E-state index >= 15 is 0 Å². The van der Waals surface area contributed by atoms with Crippen LogP contribution in [0.1, 0.15) is 42.3 Å². The van der Waals surface area contributed by atoms with E-state index in [-0.39, 0.29) is 28.5 Å². The second-order valence-corrected chi connectivity index (χ2v) is 7.06. The Morgan fingerprint density at radius 3 is 2.35 bits per heavy atom. The highest BCUT2D eigenvalue weighted by atomic mass is 16.4. The van der Waals surface area contributed by atoms with E-state index < -0.39 is 5.97 Å². The number of nitrogens with two attached hydrogens (primary N) is 1. The lowest BCUT2D eigenvalue weighted by Gasteiger charge is -2.07. The van der Waals surface area contributed by atoms with Crippen LogP contribution < -0.4 is 11.1 Å². The molecular formula is C24H19N3O4. The van der Waals surface area contributed by atoms with Gasteiger partial charge in [-0.3, -0.25) is 9.59 Å². The normalized spacial score (nSPS) is 10.7. The van der Waals surface area contributed by atoms with Crippen molar-refractivity contribution in [1.82, 2.24) is 4.40 Å². The fourth-order valence-corrected chi connectivity index (χ4v) is 3.57. The topological polar surface area (TPSA) is 114 Å². The molecule has 154 valence electrons. The Balaban J connectivity index is 1.82. The average Bonchev–Trinajstić information content (AvgIpc) is 3.05. The number of fused-ring (bicyclic) bond motifs is 1. The smallest absolute Gasteiger partial charge is 0.337 e. The van der Waals surface area contributed by atoms with E-state index in [1.54, 1.807) is 53.9 Å². The molecule has 0 radical (unpaired) electrons. The summed E-state index contributed by atoms with van der Waals surface area (Å²) in [6, 6.07) is 18.3. The van der Waals surface area contributed by atoms with Gasteiger partial charge in [-0.05, 0) is 49.4 Å². The summed E-state index contributed by atoms with van der Waals surface area (Å²) in [5, 5.41) is 12.2. The Morgan fingerprint density at radius 2 is 1.65 bits per heavy atom. The van der Waals surface area contributed by atoms with Crippen LogP contribution in [0.3, 0.4) is 0 Å². The summed E-state index contributed by atoms with van der Waals surface area (Å²) in [5.74, 6) is -1.87. The Morgan fingerprint density at radius 1 is 0.935 bits per heavy atom. The minimum Gasteiger partial charge on any atom is -0.478 e. The first-order chi connectivity index (χ1) is 14.9. The Labute approximate surface area is 177 Å². The largest absolute Gasteiger partial charge is 0.478 e. The number of nitrogens with zero attached hydrogens (tertiary/aromatic N) is 1. The van der Waals surface area contributed by atoms with Gasteiger partial charge in [0.05, 0.1) is 22.5 Å². The number of carbonyl (C=O) groups excluding carboxylic acids is 2. The monoisotopic (exact) mass is 413 g/mol. The number of ketones is 1. The number of aromatic carboxylic acids is 1. The molecule has 0 saturated heterocycles. The summed E-state index contributed by atoms with van der Waals surface area (Å²) >= 11 is 0. The lowest BCUT2D eigenvalue weighted by atomic mass is 10.0. The number of pyridine rings is 1. The van der Waals surface area contributed by atoms with Crippen LogP contribution in [0.15, 0.2) is 72.9 Å². The van der Waals surface area contributed by atoms with Crippen molar-refractivity contribution in [3.63, 3.8) is 0 Å². The molecule has 2 aromatic carbocycles. The second kappa shape index (κ2) is 7.79. The number of amides is 1. The van der Waals surface area contributed by atoms with Gasteiger partial charge < -0.3 is 20.6 Å². The lowest BCUT2D eigenvalue weighted by molar-refractivity contribution is 0.0697. The molecule has 0 spiro atoms. The van der Waals surface area contributed by atoms with E-state index in [1.807, 2.05) is 12.1 Å². The van der Waals surface area contributed by atoms with Crippen molar-refractivity contribution in [1.29, 1.82) is 0 Å². The molecule has 0 aliphatic heterocycles. The second-order valence-electron chi connectivity index (χ2n) is 7.06. The molecule has 0 unspecified atom stereocenters. The van der Waals surface area contributed by atoms with Gasteiger partial charge in [-0.15, -0.1) is 0 Å². The Kier molecular flexibility index (Phi) is 5.00. The van der Waals surface area contributed by atoms with Crippen molar-refractivity contribution >= 4 is 34.6 Å². The number of anilines is 2. The zero-order chi connectivity index (χ0) is 22.1. The van der Waals surface area contributed by atoms with Crippen molar-refractivity contribution in [3.05, 3.63) is 101 Å². The zero-order valence-corrected chi connectivity index (χ0v) is 16.6. The van der Waals surface area contributed by atoms with Gasteiger partial charge in [-0.2, -0.15) is 0 Å². The molecule has 2 heterocycles. The first-order valence-corrected chi connectivity index (χ1v) is 9.52. The molecule has 1 amide bonds. The lowest BCUT2D eigenvalue weighted by Crippen LogP contribution is -2.12. The first kappa shape index (κ1) is 19.9. The van der Waals surface area contributed by atoms with Crippen LogP contribution in [-0.4, -0.2) is 27.2 Å². The molecule has 4 rings (SSSR count). The fraction of sp³-hybridized carbons (Fsp3) is 0.0417. The maximum absolute atomic E-state index is 13.4. The van der Waals surface area contributed by atoms with E-state index in [0.29, 0.717) is 28.0 Å². The molecule has 7 heteroatoms. The molecule has 7 nitrogen and oxygen atoms in total. The summed E-state index contributed by atoms with van der Waals surface area (Å²) in [5.41, 5.74) is 8.44. The van der Waals surface area contributed by atoms with Crippen LogP contribution in [0.5, 0.6) is 0 Å². The predicted molar refractivity (Wildman–Crippen MR) is 118 cm³/mol. The molecule has 2 aromatic heterocycles. The van der Waals surface area contributed by atoms with E-state index in [2.05, 4.69) is 5.32 Å². The number of carboxylic acid groups (broad SMARTS) is 1. The number of nitrogen functional groups attached to an aromatic ring is 1. The Bertz CT molecular complexity index is 1340. The molecule has 0 saturated carbocycles. The van der Waals surface area contributed by atoms with Crippen LogP contribution >= 0.6 is 0 Å². The molecule has 0 aliphatic carbocycles. The van der Waals surface area contributed by atoms with Gasteiger partial charge in [-0.25, -0.2) is 4.79 Å². The van der Waals surface area contributed by atoms with Gasteiger partial charge >= 0.3 is 5.97 Å². The molecule has 0 aliphatic rings. The minimum atomic E-state index is -1.21.